The van der Waals surface area contributed by atoms with Crippen LogP contribution < -0.4 is 10.6 Å². The summed E-state index contributed by atoms with van der Waals surface area (Å²) in [5.74, 6) is 0.911. The molecule has 0 bridgehead atoms. The Morgan fingerprint density at radius 2 is 1.96 bits per heavy atom. The van der Waals surface area contributed by atoms with E-state index >= 15 is 0 Å². The number of likely N-dealkylation sites (N-methyl/N-ethyl adjacent to an activating group) is 1. The zero-order valence-electron chi connectivity index (χ0n) is 17.0. The fourth-order valence-electron chi connectivity index (χ4n) is 3.09. The van der Waals surface area contributed by atoms with Crippen LogP contribution in [0, 0.1) is 5.92 Å². The summed E-state index contributed by atoms with van der Waals surface area (Å²) in [6.07, 6.45) is 4.23. The minimum absolute atomic E-state index is 0. The van der Waals surface area contributed by atoms with E-state index in [1.54, 1.807) is 14.1 Å². The van der Waals surface area contributed by atoms with Crippen molar-refractivity contribution in [2.75, 3.05) is 40.3 Å². The molecule has 7 nitrogen and oxygen atoms in total. The van der Waals surface area contributed by atoms with Gasteiger partial charge in [-0.3, -0.25) is 4.79 Å². The van der Waals surface area contributed by atoms with E-state index < -0.39 is 0 Å². The number of nitrogens with zero attached hydrogens (tertiary/aromatic N) is 2. The molecule has 27 heavy (non-hydrogen) atoms. The summed E-state index contributed by atoms with van der Waals surface area (Å²) in [5, 5.41) is 6.45. The first-order valence-corrected chi connectivity index (χ1v) is 9.48. The molecule has 0 radical (unpaired) electrons. The van der Waals surface area contributed by atoms with Crippen molar-refractivity contribution < 1.29 is 14.3 Å². The summed E-state index contributed by atoms with van der Waals surface area (Å²) in [4.78, 5) is 17.7. The minimum atomic E-state index is -0.387. The lowest BCUT2D eigenvalue weighted by Gasteiger charge is -2.34. The predicted molar refractivity (Wildman–Crippen MR) is 118 cm³/mol. The zero-order valence-corrected chi connectivity index (χ0v) is 19.4. The Hall–Kier alpha value is -0.870. The number of rotatable bonds is 6. The first-order chi connectivity index (χ1) is 12.3. The maximum atomic E-state index is 11.8. The van der Waals surface area contributed by atoms with E-state index in [0.717, 1.165) is 37.2 Å². The summed E-state index contributed by atoms with van der Waals surface area (Å²) in [7, 11) is 3.45. The number of carbonyl (C=O) groups is 1. The molecule has 1 aliphatic heterocycles. The highest BCUT2D eigenvalue weighted by molar-refractivity contribution is 14.0. The molecule has 1 aliphatic carbocycles. The number of guanidine groups is 1. The number of nitrogens with one attached hydrogen (secondary N) is 2. The van der Waals surface area contributed by atoms with Gasteiger partial charge >= 0.3 is 0 Å². The van der Waals surface area contributed by atoms with Gasteiger partial charge in [-0.1, -0.05) is 19.1 Å². The first kappa shape index (κ1) is 24.2. The van der Waals surface area contributed by atoms with Gasteiger partial charge in [-0.25, -0.2) is 4.99 Å². The fraction of sp³-hybridized carbons (Fsp3) is 0.789. The van der Waals surface area contributed by atoms with Crippen LogP contribution in [0.5, 0.6) is 0 Å². The Labute approximate surface area is 180 Å². The highest BCUT2D eigenvalue weighted by Gasteiger charge is 2.43. The SMILES string of the molecule is C=C(C)CNC(=NCC(=O)N(C)C)NCC1COC2(CCC(C)CC2)O1.I. The number of aliphatic imine (C=N–C) groups is 1. The molecule has 1 saturated carbocycles. The summed E-state index contributed by atoms with van der Waals surface area (Å²) in [6, 6.07) is 0. The van der Waals surface area contributed by atoms with E-state index in [2.05, 4.69) is 29.1 Å². The average molecular weight is 494 g/mol. The van der Waals surface area contributed by atoms with Crippen molar-refractivity contribution in [3.63, 3.8) is 0 Å². The Balaban J connectivity index is 0.00000364. The molecular weight excluding hydrogens is 459 g/mol. The van der Waals surface area contributed by atoms with E-state index in [4.69, 9.17) is 9.47 Å². The van der Waals surface area contributed by atoms with Gasteiger partial charge in [0.2, 0.25) is 5.91 Å². The lowest BCUT2D eigenvalue weighted by atomic mass is 9.86. The molecule has 0 aromatic carbocycles. The van der Waals surface area contributed by atoms with Crippen molar-refractivity contribution >= 4 is 35.8 Å². The smallest absolute Gasteiger partial charge is 0.243 e. The van der Waals surface area contributed by atoms with Crippen LogP contribution in [0.25, 0.3) is 0 Å². The first-order valence-electron chi connectivity index (χ1n) is 9.48. The molecule has 2 N–H and O–H groups in total. The molecule has 0 aromatic heterocycles. The normalized spacial score (nSPS) is 27.8. The molecule has 8 heteroatoms. The van der Waals surface area contributed by atoms with Crippen LogP contribution in [-0.4, -0.2) is 69.0 Å². The van der Waals surface area contributed by atoms with Gasteiger partial charge in [0, 0.05) is 40.0 Å². The summed E-state index contributed by atoms with van der Waals surface area (Å²) < 4.78 is 12.2. The van der Waals surface area contributed by atoms with Gasteiger partial charge in [0.25, 0.3) is 0 Å². The second kappa shape index (κ2) is 11.2. The number of amides is 1. The molecule has 156 valence electrons. The van der Waals surface area contributed by atoms with E-state index in [1.807, 2.05) is 6.92 Å². The molecule has 1 spiro atoms. The Morgan fingerprint density at radius 3 is 2.56 bits per heavy atom. The maximum absolute atomic E-state index is 11.8. The van der Waals surface area contributed by atoms with E-state index in [1.165, 1.54) is 4.90 Å². The second-order valence-corrected chi connectivity index (χ2v) is 7.79. The quantitative estimate of drug-likeness (QED) is 0.256. The lowest BCUT2D eigenvalue weighted by molar-refractivity contribution is -0.191. The van der Waals surface area contributed by atoms with Crippen LogP contribution in [0.4, 0.5) is 0 Å². The topological polar surface area (TPSA) is 75.2 Å². The number of hydrogen-bond acceptors (Lipinski definition) is 4. The third-order valence-electron chi connectivity index (χ3n) is 4.88. The van der Waals surface area contributed by atoms with Gasteiger partial charge in [-0.2, -0.15) is 0 Å². The molecule has 2 rings (SSSR count). The Bertz CT molecular complexity index is 531. The van der Waals surface area contributed by atoms with Crippen LogP contribution in [0.1, 0.15) is 39.5 Å². The molecule has 1 atom stereocenters. The fourth-order valence-corrected chi connectivity index (χ4v) is 3.09. The van der Waals surface area contributed by atoms with Crippen molar-refractivity contribution in [3.8, 4) is 0 Å². The van der Waals surface area contributed by atoms with Gasteiger partial charge in [-0.05, 0) is 25.7 Å². The minimum Gasteiger partial charge on any atom is -0.354 e. The largest absolute Gasteiger partial charge is 0.354 e. The highest BCUT2D eigenvalue weighted by Crippen LogP contribution is 2.39. The Kier molecular flexibility index (Phi) is 10.0. The maximum Gasteiger partial charge on any atom is 0.243 e. The molecule has 1 unspecified atom stereocenters. The van der Waals surface area contributed by atoms with Crippen molar-refractivity contribution in [3.05, 3.63) is 12.2 Å². The molecule has 1 amide bonds. The van der Waals surface area contributed by atoms with Crippen LogP contribution in [-0.2, 0) is 14.3 Å². The van der Waals surface area contributed by atoms with Gasteiger partial charge in [0.15, 0.2) is 11.7 Å². The van der Waals surface area contributed by atoms with Crippen molar-refractivity contribution in [2.24, 2.45) is 10.9 Å². The van der Waals surface area contributed by atoms with Crippen molar-refractivity contribution in [2.45, 2.75) is 51.4 Å². The second-order valence-electron chi connectivity index (χ2n) is 7.79. The van der Waals surface area contributed by atoms with Gasteiger partial charge in [0.1, 0.15) is 12.6 Å². The number of halogens is 1. The lowest BCUT2D eigenvalue weighted by Crippen LogP contribution is -2.43. The van der Waals surface area contributed by atoms with Crippen molar-refractivity contribution in [1.82, 2.24) is 15.5 Å². The highest BCUT2D eigenvalue weighted by atomic mass is 127. The third kappa shape index (κ3) is 7.95. The molecule has 2 aliphatic rings. The monoisotopic (exact) mass is 494 g/mol. The van der Waals surface area contributed by atoms with Crippen LogP contribution >= 0.6 is 24.0 Å². The average Bonchev–Trinajstić information content (AvgIpc) is 2.99. The predicted octanol–water partition coefficient (Wildman–Crippen LogP) is 2.13. The molecule has 0 aromatic rings. The number of hydrogen-bond donors (Lipinski definition) is 2. The summed E-state index contributed by atoms with van der Waals surface area (Å²) in [6.45, 7) is 10.00. The third-order valence-corrected chi connectivity index (χ3v) is 4.88. The molecule has 1 saturated heterocycles. The summed E-state index contributed by atoms with van der Waals surface area (Å²) >= 11 is 0. The summed E-state index contributed by atoms with van der Waals surface area (Å²) in [5.41, 5.74) is 0.995. The van der Waals surface area contributed by atoms with Gasteiger partial charge < -0.3 is 25.0 Å². The van der Waals surface area contributed by atoms with Gasteiger partial charge in [0.05, 0.1) is 6.61 Å². The number of ether oxygens (including phenoxy) is 2. The van der Waals surface area contributed by atoms with Crippen LogP contribution in [0.15, 0.2) is 17.1 Å². The molecule has 2 fully saturated rings. The van der Waals surface area contributed by atoms with E-state index in [0.29, 0.717) is 25.7 Å². The standard InChI is InChI=1S/C19H34N4O3.HI/c1-14(2)10-20-18(22-12-17(24)23(4)5)21-11-16-13-25-19(26-16)8-6-15(3)7-9-19;/h15-16H,1,6-13H2,2-5H3,(H2,20,21,22);1H. The van der Waals surface area contributed by atoms with Crippen molar-refractivity contribution in [1.29, 1.82) is 0 Å². The van der Waals surface area contributed by atoms with Crippen LogP contribution in [0.3, 0.4) is 0 Å². The van der Waals surface area contributed by atoms with Crippen LogP contribution in [0.2, 0.25) is 0 Å². The Morgan fingerprint density at radius 1 is 1.30 bits per heavy atom. The van der Waals surface area contributed by atoms with E-state index in [9.17, 15) is 4.79 Å². The van der Waals surface area contributed by atoms with E-state index in [-0.39, 0.29) is 48.3 Å². The molecular formula is C19H35IN4O3. The number of carbonyl (C=O) groups excluding carboxylic acids is 1. The zero-order chi connectivity index (χ0) is 19.2. The van der Waals surface area contributed by atoms with Gasteiger partial charge in [-0.15, -0.1) is 24.0 Å². The molecule has 1 heterocycles.